The number of fused-ring (bicyclic) bond motifs is 2. The smallest absolute Gasteiger partial charge is 0.228 e. The average Bonchev–Trinajstić information content (AvgIpc) is 3.32. The van der Waals surface area contributed by atoms with E-state index in [0.29, 0.717) is 24.2 Å². The van der Waals surface area contributed by atoms with Gasteiger partial charge in [0.2, 0.25) is 11.9 Å². The van der Waals surface area contributed by atoms with Gasteiger partial charge in [-0.05, 0) is 31.7 Å². The molecule has 3 aromatic heterocycles. The monoisotopic (exact) mass is 476 g/mol. The molecule has 1 aliphatic rings. The Balaban J connectivity index is 1.55. The number of hydrogen-bond donors (Lipinski definition) is 1. The van der Waals surface area contributed by atoms with Crippen molar-refractivity contribution in [3.63, 3.8) is 0 Å². The number of pyridine rings is 1. The standard InChI is InChI=1S/C24H28N8OS/c1-15-6-5-7-18-14-19(22(28-21(15)18)31-12-10-30(11-13-31)17(3)33)16(2)26-23-29-24(34-4)27-20-8-9-25-32(20)23/h5-9,14,16H,10-13H2,1-4H3,(H,26,27,29). The molecule has 1 fully saturated rings. The van der Waals surface area contributed by atoms with Crippen LogP contribution in [0.2, 0.25) is 0 Å². The first-order valence-electron chi connectivity index (χ1n) is 11.4. The first-order chi connectivity index (χ1) is 16.4. The quantitative estimate of drug-likeness (QED) is 0.438. The molecule has 1 aromatic carbocycles. The maximum absolute atomic E-state index is 11.8. The molecule has 176 valence electrons. The van der Waals surface area contributed by atoms with Gasteiger partial charge in [-0.2, -0.15) is 14.6 Å². The second kappa shape index (κ2) is 9.09. The minimum atomic E-state index is -0.0877. The molecule has 1 atom stereocenters. The number of carbonyl (C=O) groups is 1. The number of nitrogens with one attached hydrogen (secondary N) is 1. The number of anilines is 2. The predicted octanol–water partition coefficient (Wildman–Crippen LogP) is 3.54. The lowest BCUT2D eigenvalue weighted by Crippen LogP contribution is -2.48. The number of rotatable bonds is 5. The molecule has 4 heterocycles. The van der Waals surface area contributed by atoms with Gasteiger partial charge in [-0.3, -0.25) is 4.79 Å². The zero-order chi connectivity index (χ0) is 23.8. The molecule has 1 aliphatic heterocycles. The molecule has 0 saturated carbocycles. The van der Waals surface area contributed by atoms with E-state index in [0.717, 1.165) is 46.6 Å². The number of amides is 1. The van der Waals surface area contributed by atoms with Crippen LogP contribution in [0.25, 0.3) is 16.6 Å². The van der Waals surface area contributed by atoms with Gasteiger partial charge in [-0.25, -0.2) is 9.97 Å². The fourth-order valence-electron chi connectivity index (χ4n) is 4.42. The third-order valence-corrected chi connectivity index (χ3v) is 6.86. The maximum atomic E-state index is 11.8. The Morgan fingerprint density at radius 1 is 1.12 bits per heavy atom. The number of thioether (sulfide) groups is 1. The Morgan fingerprint density at radius 2 is 1.91 bits per heavy atom. The number of para-hydroxylation sites is 1. The highest BCUT2D eigenvalue weighted by Gasteiger charge is 2.25. The van der Waals surface area contributed by atoms with E-state index in [1.807, 2.05) is 17.2 Å². The lowest BCUT2D eigenvalue weighted by molar-refractivity contribution is -0.129. The number of aromatic nitrogens is 5. The van der Waals surface area contributed by atoms with Crippen LogP contribution < -0.4 is 10.2 Å². The van der Waals surface area contributed by atoms with E-state index < -0.39 is 0 Å². The van der Waals surface area contributed by atoms with Crippen molar-refractivity contribution >= 4 is 46.0 Å². The van der Waals surface area contributed by atoms with E-state index in [1.165, 1.54) is 11.8 Å². The molecule has 4 aromatic rings. The number of carbonyl (C=O) groups excluding carboxylic acids is 1. The molecule has 0 aliphatic carbocycles. The van der Waals surface area contributed by atoms with Gasteiger partial charge in [0.05, 0.1) is 17.8 Å². The van der Waals surface area contributed by atoms with Gasteiger partial charge in [0, 0.05) is 50.1 Å². The number of nitrogens with zero attached hydrogens (tertiary/aromatic N) is 7. The summed E-state index contributed by atoms with van der Waals surface area (Å²) < 4.78 is 1.72. The van der Waals surface area contributed by atoms with Crippen LogP contribution in [-0.4, -0.2) is 67.8 Å². The summed E-state index contributed by atoms with van der Waals surface area (Å²) in [5.41, 5.74) is 3.98. The van der Waals surface area contributed by atoms with Crippen molar-refractivity contribution in [3.8, 4) is 0 Å². The summed E-state index contributed by atoms with van der Waals surface area (Å²) >= 11 is 1.50. The highest BCUT2D eigenvalue weighted by Crippen LogP contribution is 2.32. The third-order valence-electron chi connectivity index (χ3n) is 6.31. The molecule has 0 radical (unpaired) electrons. The molecular formula is C24H28N8OS. The molecule has 0 bridgehead atoms. The highest BCUT2D eigenvalue weighted by atomic mass is 32.2. The fourth-order valence-corrected chi connectivity index (χ4v) is 4.78. The van der Waals surface area contributed by atoms with E-state index in [4.69, 9.17) is 4.98 Å². The Hall–Kier alpha value is -3.40. The Kier molecular flexibility index (Phi) is 5.99. The van der Waals surface area contributed by atoms with Gasteiger partial charge >= 0.3 is 0 Å². The third kappa shape index (κ3) is 4.13. The summed E-state index contributed by atoms with van der Waals surface area (Å²) in [6.45, 7) is 8.72. The van der Waals surface area contributed by atoms with Gasteiger partial charge in [-0.1, -0.05) is 30.0 Å². The molecule has 0 spiro atoms. The van der Waals surface area contributed by atoms with Gasteiger partial charge < -0.3 is 15.1 Å². The van der Waals surface area contributed by atoms with Crippen LogP contribution >= 0.6 is 11.8 Å². The molecule has 9 nitrogen and oxygen atoms in total. The highest BCUT2D eigenvalue weighted by molar-refractivity contribution is 7.98. The van der Waals surface area contributed by atoms with Crippen molar-refractivity contribution in [2.75, 3.05) is 42.7 Å². The predicted molar refractivity (Wildman–Crippen MR) is 136 cm³/mol. The van der Waals surface area contributed by atoms with Crippen LogP contribution in [0.3, 0.4) is 0 Å². The summed E-state index contributed by atoms with van der Waals surface area (Å²) in [5, 5.41) is 9.74. The van der Waals surface area contributed by atoms with Crippen molar-refractivity contribution in [2.45, 2.75) is 32.0 Å². The van der Waals surface area contributed by atoms with Gasteiger partial charge in [0.15, 0.2) is 10.8 Å². The minimum absolute atomic E-state index is 0.0877. The van der Waals surface area contributed by atoms with Gasteiger partial charge in [0.1, 0.15) is 5.82 Å². The van der Waals surface area contributed by atoms with Gasteiger partial charge in [0.25, 0.3) is 0 Å². The largest absolute Gasteiger partial charge is 0.353 e. The van der Waals surface area contributed by atoms with Crippen LogP contribution in [0.5, 0.6) is 0 Å². The van der Waals surface area contributed by atoms with Crippen molar-refractivity contribution < 1.29 is 4.79 Å². The second-order valence-electron chi connectivity index (χ2n) is 8.54. The zero-order valence-electron chi connectivity index (χ0n) is 19.8. The number of aryl methyl sites for hydroxylation is 1. The lowest BCUT2D eigenvalue weighted by Gasteiger charge is -2.36. The minimum Gasteiger partial charge on any atom is -0.353 e. The summed E-state index contributed by atoms with van der Waals surface area (Å²) in [6, 6.07) is 10.3. The summed E-state index contributed by atoms with van der Waals surface area (Å²) in [4.78, 5) is 30.3. The zero-order valence-corrected chi connectivity index (χ0v) is 20.6. The summed E-state index contributed by atoms with van der Waals surface area (Å²) in [7, 11) is 0. The molecule has 1 saturated heterocycles. The Bertz CT molecular complexity index is 1360. The number of benzene rings is 1. The van der Waals surface area contributed by atoms with Crippen molar-refractivity contribution in [1.82, 2.24) is 29.5 Å². The molecule has 5 rings (SSSR count). The van der Waals surface area contributed by atoms with Gasteiger partial charge in [-0.15, -0.1) is 0 Å². The van der Waals surface area contributed by atoms with Crippen LogP contribution in [-0.2, 0) is 4.79 Å². The van der Waals surface area contributed by atoms with Crippen LogP contribution in [0.4, 0.5) is 11.8 Å². The van der Waals surface area contributed by atoms with Crippen LogP contribution in [0.15, 0.2) is 41.7 Å². The van der Waals surface area contributed by atoms with Crippen LogP contribution in [0, 0.1) is 6.92 Å². The molecule has 1 amide bonds. The fraction of sp³-hybridized carbons (Fsp3) is 0.375. The molecule has 34 heavy (non-hydrogen) atoms. The average molecular weight is 477 g/mol. The molecule has 1 N–H and O–H groups in total. The van der Waals surface area contributed by atoms with E-state index in [1.54, 1.807) is 17.6 Å². The van der Waals surface area contributed by atoms with Crippen molar-refractivity contribution in [2.24, 2.45) is 0 Å². The summed E-state index contributed by atoms with van der Waals surface area (Å²) in [5.74, 6) is 1.71. The van der Waals surface area contributed by atoms with Crippen LogP contribution in [0.1, 0.15) is 31.0 Å². The first kappa shape index (κ1) is 22.4. The van der Waals surface area contributed by atoms with E-state index >= 15 is 0 Å². The number of piperazine rings is 1. The first-order valence-corrected chi connectivity index (χ1v) is 12.6. The lowest BCUT2D eigenvalue weighted by atomic mass is 10.0. The van der Waals surface area contributed by atoms with E-state index in [9.17, 15) is 4.79 Å². The maximum Gasteiger partial charge on any atom is 0.228 e. The van der Waals surface area contributed by atoms with E-state index in [2.05, 4.69) is 63.4 Å². The van der Waals surface area contributed by atoms with E-state index in [-0.39, 0.29) is 11.9 Å². The normalized spacial score (nSPS) is 15.2. The number of hydrogen-bond acceptors (Lipinski definition) is 8. The molecule has 1 unspecified atom stereocenters. The molecular weight excluding hydrogens is 448 g/mol. The summed E-state index contributed by atoms with van der Waals surface area (Å²) in [6.07, 6.45) is 3.69. The molecule has 10 heteroatoms. The second-order valence-corrected chi connectivity index (χ2v) is 9.32. The SMILES string of the molecule is CSc1nc(NC(C)c2cc3cccc(C)c3nc2N2CCN(C(C)=O)CC2)n2nccc2n1. The van der Waals surface area contributed by atoms with Crippen molar-refractivity contribution in [1.29, 1.82) is 0 Å². The van der Waals surface area contributed by atoms with Crippen molar-refractivity contribution in [3.05, 3.63) is 47.7 Å². The Morgan fingerprint density at radius 3 is 2.65 bits per heavy atom. The Labute approximate surface area is 202 Å². The topological polar surface area (TPSA) is 91.6 Å².